The van der Waals surface area contributed by atoms with Crippen molar-refractivity contribution < 1.29 is 39.2 Å². The number of phenolic OH excluding ortho intramolecular Hbond substituents is 1. The molecule has 0 spiro atoms. The summed E-state index contributed by atoms with van der Waals surface area (Å²) in [5, 5.41) is 32.7. The molecule has 1 aromatic carbocycles. The number of aliphatic hydroxyl groups excluding tert-OH is 1. The van der Waals surface area contributed by atoms with Crippen LogP contribution in [-0.4, -0.2) is 71.0 Å². The largest absolute Gasteiger partial charge is 0.506 e. The minimum Gasteiger partial charge on any atom is -0.506 e. The number of ether oxygens (including phenoxy) is 2. The van der Waals surface area contributed by atoms with E-state index >= 15 is 0 Å². The Kier molecular flexibility index (Phi) is 15.4. The van der Waals surface area contributed by atoms with Crippen molar-refractivity contribution in [1.29, 1.82) is 0 Å². The number of carbonyl (C=O) groups excluding carboxylic acids is 2. The highest BCUT2D eigenvalue weighted by Gasteiger charge is 2.34. The number of allylic oxidation sites excluding steroid dienone is 1. The first kappa shape index (κ1) is 35.6. The second-order valence-electron chi connectivity index (χ2n) is 10.4. The molecule has 7 atom stereocenters. The smallest absolute Gasteiger partial charge is 0.326 e. The van der Waals surface area contributed by atoms with Crippen LogP contribution in [0.5, 0.6) is 5.75 Å². The summed E-state index contributed by atoms with van der Waals surface area (Å²) in [4.78, 5) is 38.3. The Morgan fingerprint density at radius 3 is 2.33 bits per heavy atom. The molecule has 0 aliphatic rings. The maximum absolute atomic E-state index is 13.3. The topological polar surface area (TPSA) is 142 Å². The third-order valence-corrected chi connectivity index (χ3v) is 7.57. The molecule has 0 aromatic heterocycles. The lowest BCUT2D eigenvalue weighted by Crippen LogP contribution is -2.50. The number of carboxylic acid groups (broad SMARTS) is 1. The zero-order valence-corrected chi connectivity index (χ0v) is 25.4. The Morgan fingerprint density at radius 2 is 1.80 bits per heavy atom. The van der Waals surface area contributed by atoms with Crippen LogP contribution in [0.1, 0.15) is 66.4 Å². The van der Waals surface area contributed by atoms with Gasteiger partial charge in [-0.1, -0.05) is 58.2 Å². The number of benzene rings is 1. The van der Waals surface area contributed by atoms with Gasteiger partial charge in [-0.25, -0.2) is 4.79 Å². The van der Waals surface area contributed by atoms with Crippen LogP contribution >= 0.6 is 11.6 Å². The summed E-state index contributed by atoms with van der Waals surface area (Å²) in [6.07, 6.45) is 1.83. The van der Waals surface area contributed by atoms with Crippen LogP contribution in [0.25, 0.3) is 0 Å². The zero-order valence-electron chi connectivity index (χ0n) is 24.6. The summed E-state index contributed by atoms with van der Waals surface area (Å²) < 4.78 is 11.3. The quantitative estimate of drug-likeness (QED) is 0.184. The maximum Gasteiger partial charge on any atom is 0.326 e. The van der Waals surface area contributed by atoms with E-state index in [1.165, 1.54) is 25.3 Å². The Labute approximate surface area is 242 Å². The average molecular weight is 584 g/mol. The Morgan fingerprint density at radius 1 is 1.15 bits per heavy atom. The first-order chi connectivity index (χ1) is 18.8. The van der Waals surface area contributed by atoms with E-state index in [1.807, 2.05) is 6.92 Å². The van der Waals surface area contributed by atoms with Crippen molar-refractivity contribution in [3.63, 3.8) is 0 Å². The minimum atomic E-state index is -1.28. The SMILES string of the molecule is CCCC[C@@H](C)[C@H](O)[C@H](C)C(=O)/C(C)=C/[C@@H](OC)[C@@H](C)[C@@H](OCC)C(=O)N[C@H](Cc1ccc(O)c(Cl)c1)C(=O)O. The van der Waals surface area contributed by atoms with Gasteiger partial charge in [0.05, 0.1) is 17.2 Å². The molecular formula is C30H46ClNO8. The predicted octanol–water partition coefficient (Wildman–Crippen LogP) is 4.55. The van der Waals surface area contributed by atoms with Crippen LogP contribution < -0.4 is 5.32 Å². The zero-order chi connectivity index (χ0) is 30.6. The average Bonchev–Trinajstić information content (AvgIpc) is 2.92. The van der Waals surface area contributed by atoms with E-state index in [4.69, 9.17) is 21.1 Å². The lowest BCUT2D eigenvalue weighted by molar-refractivity contribution is -0.146. The molecule has 0 unspecified atom stereocenters. The van der Waals surface area contributed by atoms with E-state index in [0.29, 0.717) is 11.1 Å². The molecule has 0 bridgehead atoms. The van der Waals surface area contributed by atoms with Crippen molar-refractivity contribution >= 4 is 29.3 Å². The minimum absolute atomic E-state index is 0.0188. The molecule has 0 fully saturated rings. The number of rotatable bonds is 18. The molecule has 226 valence electrons. The number of aliphatic hydroxyl groups is 1. The molecule has 0 saturated carbocycles. The van der Waals surface area contributed by atoms with E-state index in [1.54, 1.807) is 33.8 Å². The maximum atomic E-state index is 13.3. The summed E-state index contributed by atoms with van der Waals surface area (Å²) in [6.45, 7) is 11.0. The highest BCUT2D eigenvalue weighted by molar-refractivity contribution is 6.32. The van der Waals surface area contributed by atoms with E-state index in [-0.39, 0.29) is 35.5 Å². The number of carboxylic acids is 1. The Bertz CT molecular complexity index is 1010. The summed E-state index contributed by atoms with van der Waals surface area (Å²) in [5.41, 5.74) is 0.917. The molecule has 10 heteroatoms. The molecule has 0 radical (unpaired) electrons. The standard InChI is InChI=1S/C30H46ClNO8/c1-8-10-11-17(3)26(34)20(6)27(35)18(4)14-25(39-7)19(5)28(40-9-2)29(36)32-23(30(37)38)16-21-12-13-24(33)22(31)15-21/h12-15,17,19-20,23,25-26,28,33-34H,8-11,16H2,1-7H3,(H,32,36)(H,37,38)/b18-14+/t17-,19-,20+,23-,25-,26+,28-/m1/s1. The van der Waals surface area contributed by atoms with Gasteiger partial charge in [-0.3, -0.25) is 9.59 Å². The van der Waals surface area contributed by atoms with Crippen molar-refractivity contribution in [2.24, 2.45) is 17.8 Å². The third kappa shape index (κ3) is 10.5. The van der Waals surface area contributed by atoms with Crippen molar-refractivity contribution in [1.82, 2.24) is 5.32 Å². The van der Waals surface area contributed by atoms with Crippen LogP contribution in [0, 0.1) is 17.8 Å². The Balaban J connectivity index is 3.07. The lowest BCUT2D eigenvalue weighted by Gasteiger charge is -2.29. The van der Waals surface area contributed by atoms with Crippen molar-refractivity contribution in [3.8, 4) is 5.75 Å². The molecule has 9 nitrogen and oxygen atoms in total. The number of aromatic hydroxyl groups is 1. The summed E-state index contributed by atoms with van der Waals surface area (Å²) in [7, 11) is 1.45. The normalized spacial score (nSPS) is 17.3. The molecule has 1 aromatic rings. The lowest BCUT2D eigenvalue weighted by atomic mass is 9.84. The number of aliphatic carboxylic acids is 1. The van der Waals surface area contributed by atoms with Gasteiger partial charge in [0.1, 0.15) is 17.9 Å². The Hall–Kier alpha value is -2.46. The number of unbranched alkanes of at least 4 members (excludes halogenated alkanes) is 1. The molecule has 40 heavy (non-hydrogen) atoms. The predicted molar refractivity (Wildman–Crippen MR) is 154 cm³/mol. The second kappa shape index (κ2) is 17.4. The number of phenols is 1. The summed E-state index contributed by atoms with van der Waals surface area (Å²) in [6, 6.07) is 3.05. The molecule has 0 aliphatic heterocycles. The number of ketones is 1. The first-order valence-corrected chi connectivity index (χ1v) is 14.2. The number of carbonyl (C=O) groups is 3. The fourth-order valence-corrected chi connectivity index (χ4v) is 4.86. The van der Waals surface area contributed by atoms with Crippen LogP contribution in [0.4, 0.5) is 0 Å². The van der Waals surface area contributed by atoms with E-state index in [9.17, 15) is 29.7 Å². The number of nitrogens with one attached hydrogen (secondary N) is 1. The van der Waals surface area contributed by atoms with Gasteiger partial charge in [0.15, 0.2) is 5.78 Å². The van der Waals surface area contributed by atoms with E-state index in [2.05, 4.69) is 12.2 Å². The highest BCUT2D eigenvalue weighted by Crippen LogP contribution is 2.25. The number of hydrogen-bond acceptors (Lipinski definition) is 7. The van der Waals surface area contributed by atoms with Gasteiger partial charge in [-0.05, 0) is 55.5 Å². The molecular weight excluding hydrogens is 538 g/mol. The van der Waals surface area contributed by atoms with Crippen LogP contribution in [0.2, 0.25) is 5.02 Å². The summed E-state index contributed by atoms with van der Waals surface area (Å²) in [5.74, 6) is -3.43. The van der Waals surface area contributed by atoms with E-state index in [0.717, 1.165) is 19.3 Å². The van der Waals surface area contributed by atoms with Crippen molar-refractivity contribution in [2.75, 3.05) is 13.7 Å². The van der Waals surface area contributed by atoms with E-state index < -0.39 is 48.1 Å². The fourth-order valence-electron chi connectivity index (χ4n) is 4.65. The van der Waals surface area contributed by atoms with Gasteiger partial charge in [0.2, 0.25) is 5.91 Å². The fraction of sp³-hybridized carbons (Fsp3) is 0.633. The third-order valence-electron chi connectivity index (χ3n) is 7.26. The van der Waals surface area contributed by atoms with Gasteiger partial charge in [0, 0.05) is 32.0 Å². The summed E-state index contributed by atoms with van der Waals surface area (Å²) >= 11 is 5.94. The van der Waals surface area contributed by atoms with Crippen molar-refractivity contribution in [3.05, 3.63) is 40.4 Å². The molecule has 0 aliphatic carbocycles. The van der Waals surface area contributed by atoms with Crippen LogP contribution in [0.3, 0.4) is 0 Å². The number of hydrogen-bond donors (Lipinski definition) is 4. The first-order valence-electron chi connectivity index (χ1n) is 13.8. The van der Waals surface area contributed by atoms with Gasteiger partial charge < -0.3 is 30.1 Å². The van der Waals surface area contributed by atoms with Gasteiger partial charge in [-0.2, -0.15) is 0 Å². The number of methoxy groups -OCH3 is 1. The van der Waals surface area contributed by atoms with Gasteiger partial charge in [-0.15, -0.1) is 0 Å². The van der Waals surface area contributed by atoms with Crippen molar-refractivity contribution in [2.45, 2.75) is 91.6 Å². The molecule has 1 rings (SSSR count). The second-order valence-corrected chi connectivity index (χ2v) is 10.8. The number of Topliss-reactive ketones (excluding diaryl/α,β-unsaturated/α-hetero) is 1. The number of halogens is 1. The van der Waals surface area contributed by atoms with Gasteiger partial charge in [0.25, 0.3) is 0 Å². The molecule has 1 amide bonds. The van der Waals surface area contributed by atoms with Gasteiger partial charge >= 0.3 is 5.97 Å². The molecule has 0 saturated heterocycles. The van der Waals surface area contributed by atoms with Crippen LogP contribution in [-0.2, 0) is 30.3 Å². The van der Waals surface area contributed by atoms with Crippen LogP contribution in [0.15, 0.2) is 29.8 Å². The number of amides is 1. The molecule has 4 N–H and O–H groups in total. The molecule has 0 heterocycles. The monoisotopic (exact) mass is 583 g/mol. The highest BCUT2D eigenvalue weighted by atomic mass is 35.5.